The first-order valence-electron chi connectivity index (χ1n) is 5.90. The summed E-state index contributed by atoms with van der Waals surface area (Å²) in [6.07, 6.45) is 5.59. The molecular weight excluding hydrogens is 192 g/mol. The van der Waals surface area contributed by atoms with E-state index < -0.39 is 0 Å². The summed E-state index contributed by atoms with van der Waals surface area (Å²) in [5.74, 6) is 0.133. The van der Waals surface area contributed by atoms with E-state index in [-0.39, 0.29) is 12.5 Å². The molecule has 0 aliphatic carbocycles. The number of hydrogen-bond donors (Lipinski definition) is 1. The third kappa shape index (κ3) is 5.14. The molecule has 15 heavy (non-hydrogen) atoms. The van der Waals surface area contributed by atoms with Crippen LogP contribution < -0.4 is 5.73 Å². The van der Waals surface area contributed by atoms with Crippen molar-refractivity contribution in [1.82, 2.24) is 4.90 Å². The van der Waals surface area contributed by atoms with Gasteiger partial charge in [0.2, 0.25) is 5.91 Å². The van der Waals surface area contributed by atoms with E-state index in [1.807, 2.05) is 4.90 Å². The zero-order valence-electron chi connectivity index (χ0n) is 9.41. The van der Waals surface area contributed by atoms with Crippen LogP contribution >= 0.6 is 0 Å². The number of rotatable bonds is 5. The van der Waals surface area contributed by atoms with Crippen molar-refractivity contribution >= 4 is 5.91 Å². The van der Waals surface area contributed by atoms with Crippen LogP contribution in [0, 0.1) is 0 Å². The number of nitrogens with two attached hydrogens (primary N) is 1. The van der Waals surface area contributed by atoms with Gasteiger partial charge >= 0.3 is 0 Å². The Balaban J connectivity index is 2.14. The van der Waals surface area contributed by atoms with Crippen molar-refractivity contribution in [2.24, 2.45) is 5.73 Å². The van der Waals surface area contributed by atoms with Crippen LogP contribution in [0.15, 0.2) is 0 Å². The van der Waals surface area contributed by atoms with Gasteiger partial charge in [-0.05, 0) is 25.8 Å². The molecule has 0 aromatic heterocycles. The van der Waals surface area contributed by atoms with Gasteiger partial charge in [0.1, 0.15) is 6.61 Å². The van der Waals surface area contributed by atoms with Gasteiger partial charge in [-0.15, -0.1) is 0 Å². The summed E-state index contributed by atoms with van der Waals surface area (Å²) < 4.78 is 5.26. The summed E-state index contributed by atoms with van der Waals surface area (Å²) in [7, 11) is 0. The van der Waals surface area contributed by atoms with Gasteiger partial charge in [-0.1, -0.05) is 12.8 Å². The van der Waals surface area contributed by atoms with Crippen LogP contribution in [0.25, 0.3) is 0 Å². The normalized spacial score (nSPS) is 17.5. The van der Waals surface area contributed by atoms with Gasteiger partial charge in [0.05, 0.1) is 0 Å². The summed E-state index contributed by atoms with van der Waals surface area (Å²) >= 11 is 0. The monoisotopic (exact) mass is 214 g/mol. The van der Waals surface area contributed by atoms with E-state index in [0.29, 0.717) is 13.2 Å². The second-order valence-corrected chi connectivity index (χ2v) is 3.99. The molecule has 1 heterocycles. The average Bonchev–Trinajstić information content (AvgIpc) is 2.52. The van der Waals surface area contributed by atoms with E-state index in [9.17, 15) is 4.79 Å². The molecule has 0 radical (unpaired) electrons. The average molecular weight is 214 g/mol. The number of amides is 1. The first-order valence-corrected chi connectivity index (χ1v) is 5.90. The zero-order chi connectivity index (χ0) is 10.9. The number of ether oxygens (including phenoxy) is 1. The van der Waals surface area contributed by atoms with Gasteiger partial charge in [-0.3, -0.25) is 4.79 Å². The third-order valence-corrected chi connectivity index (χ3v) is 2.68. The fourth-order valence-electron chi connectivity index (χ4n) is 1.76. The maximum Gasteiger partial charge on any atom is 0.248 e. The van der Waals surface area contributed by atoms with E-state index in [1.54, 1.807) is 0 Å². The quantitative estimate of drug-likeness (QED) is 0.687. The van der Waals surface area contributed by atoms with Crippen molar-refractivity contribution in [3.05, 3.63) is 0 Å². The Labute approximate surface area is 91.8 Å². The van der Waals surface area contributed by atoms with Gasteiger partial charge in [0.25, 0.3) is 0 Å². The van der Waals surface area contributed by atoms with Crippen LogP contribution in [0.3, 0.4) is 0 Å². The molecule has 1 rings (SSSR count). The second-order valence-electron chi connectivity index (χ2n) is 3.99. The fraction of sp³-hybridized carbons (Fsp3) is 0.909. The van der Waals surface area contributed by atoms with Gasteiger partial charge in [-0.2, -0.15) is 0 Å². The molecule has 0 aromatic rings. The minimum Gasteiger partial charge on any atom is -0.372 e. The lowest BCUT2D eigenvalue weighted by molar-refractivity contribution is -0.136. The summed E-state index contributed by atoms with van der Waals surface area (Å²) in [5.41, 5.74) is 5.33. The van der Waals surface area contributed by atoms with E-state index in [2.05, 4.69) is 0 Å². The molecule has 0 unspecified atom stereocenters. The van der Waals surface area contributed by atoms with Crippen LogP contribution in [-0.2, 0) is 9.53 Å². The lowest BCUT2D eigenvalue weighted by Gasteiger charge is -2.20. The summed E-state index contributed by atoms with van der Waals surface area (Å²) in [6.45, 7) is 3.24. The minimum absolute atomic E-state index is 0.133. The third-order valence-electron chi connectivity index (χ3n) is 2.68. The second kappa shape index (κ2) is 7.65. The van der Waals surface area contributed by atoms with Crippen LogP contribution in [0.2, 0.25) is 0 Å². The van der Waals surface area contributed by atoms with Crippen molar-refractivity contribution in [3.63, 3.8) is 0 Å². The molecule has 0 spiro atoms. The summed E-state index contributed by atoms with van der Waals surface area (Å²) in [6, 6.07) is 0. The van der Waals surface area contributed by atoms with E-state index >= 15 is 0 Å². The van der Waals surface area contributed by atoms with Crippen LogP contribution in [-0.4, -0.2) is 43.7 Å². The summed E-state index contributed by atoms with van der Waals surface area (Å²) in [4.78, 5) is 13.6. The highest BCUT2D eigenvalue weighted by molar-refractivity contribution is 5.77. The van der Waals surface area contributed by atoms with E-state index in [4.69, 9.17) is 10.5 Å². The maximum atomic E-state index is 11.7. The van der Waals surface area contributed by atoms with Crippen molar-refractivity contribution in [1.29, 1.82) is 0 Å². The lowest BCUT2D eigenvalue weighted by atomic mass is 10.2. The molecule has 0 atom stereocenters. The number of carbonyl (C=O) groups excluding carboxylic acids is 1. The topological polar surface area (TPSA) is 55.6 Å². The molecule has 88 valence electrons. The standard InChI is InChI=1S/C11H22N2O2/c12-6-5-9-15-10-11(14)13-7-3-1-2-4-8-13/h1-10,12H2. The van der Waals surface area contributed by atoms with Crippen LogP contribution in [0.4, 0.5) is 0 Å². The highest BCUT2D eigenvalue weighted by Crippen LogP contribution is 2.09. The van der Waals surface area contributed by atoms with Gasteiger partial charge < -0.3 is 15.4 Å². The number of carbonyl (C=O) groups is 1. The van der Waals surface area contributed by atoms with E-state index in [0.717, 1.165) is 32.4 Å². The molecular formula is C11H22N2O2. The SMILES string of the molecule is NCCCOCC(=O)N1CCCCCC1. The highest BCUT2D eigenvalue weighted by Gasteiger charge is 2.14. The lowest BCUT2D eigenvalue weighted by Crippen LogP contribution is -2.34. The molecule has 0 bridgehead atoms. The Morgan fingerprint density at radius 2 is 1.87 bits per heavy atom. The number of hydrogen-bond acceptors (Lipinski definition) is 3. The molecule has 1 amide bonds. The molecule has 4 nitrogen and oxygen atoms in total. The van der Waals surface area contributed by atoms with Crippen molar-refractivity contribution in [2.75, 3.05) is 32.8 Å². The van der Waals surface area contributed by atoms with Gasteiger partial charge in [0, 0.05) is 19.7 Å². The van der Waals surface area contributed by atoms with Crippen LogP contribution in [0.1, 0.15) is 32.1 Å². The first kappa shape index (κ1) is 12.5. The van der Waals surface area contributed by atoms with Gasteiger partial charge in [0.15, 0.2) is 0 Å². The number of likely N-dealkylation sites (tertiary alicyclic amines) is 1. The largest absolute Gasteiger partial charge is 0.372 e. The van der Waals surface area contributed by atoms with Crippen molar-refractivity contribution in [3.8, 4) is 0 Å². The Hall–Kier alpha value is -0.610. The Kier molecular flexibility index (Phi) is 6.36. The first-order chi connectivity index (χ1) is 7.34. The molecule has 0 aromatic carbocycles. The van der Waals surface area contributed by atoms with Crippen LogP contribution in [0.5, 0.6) is 0 Å². The molecule has 0 saturated carbocycles. The highest BCUT2D eigenvalue weighted by atomic mass is 16.5. The molecule has 2 N–H and O–H groups in total. The zero-order valence-corrected chi connectivity index (χ0v) is 9.41. The van der Waals surface area contributed by atoms with Crippen molar-refractivity contribution < 1.29 is 9.53 Å². The Morgan fingerprint density at radius 1 is 1.20 bits per heavy atom. The summed E-state index contributed by atoms with van der Waals surface area (Å²) in [5, 5.41) is 0. The molecule has 1 aliphatic heterocycles. The fourth-order valence-corrected chi connectivity index (χ4v) is 1.76. The smallest absolute Gasteiger partial charge is 0.248 e. The Bertz CT molecular complexity index is 177. The Morgan fingerprint density at radius 3 is 2.47 bits per heavy atom. The minimum atomic E-state index is 0.133. The van der Waals surface area contributed by atoms with E-state index in [1.165, 1.54) is 12.8 Å². The molecule has 1 fully saturated rings. The predicted octanol–water partition coefficient (Wildman–Crippen LogP) is 0.754. The van der Waals surface area contributed by atoms with Gasteiger partial charge in [-0.25, -0.2) is 0 Å². The number of nitrogens with zero attached hydrogens (tertiary/aromatic N) is 1. The maximum absolute atomic E-state index is 11.7. The predicted molar refractivity (Wildman–Crippen MR) is 59.5 cm³/mol. The van der Waals surface area contributed by atoms with Crippen molar-refractivity contribution in [2.45, 2.75) is 32.1 Å². The molecule has 1 saturated heterocycles. The molecule has 1 aliphatic rings. The molecule has 4 heteroatoms.